The molecule has 0 aliphatic carbocycles. The summed E-state index contributed by atoms with van der Waals surface area (Å²) in [5.74, 6) is 1.20. The van der Waals surface area contributed by atoms with Gasteiger partial charge in [0, 0.05) is 43.8 Å². The summed E-state index contributed by atoms with van der Waals surface area (Å²) in [6.45, 7) is 6.54. The van der Waals surface area contributed by atoms with Gasteiger partial charge in [-0.25, -0.2) is 14.6 Å². The van der Waals surface area contributed by atoms with Crippen molar-refractivity contribution >= 4 is 34.9 Å². The Morgan fingerprint density at radius 3 is 2.34 bits per heavy atom. The van der Waals surface area contributed by atoms with Crippen molar-refractivity contribution in [2.24, 2.45) is 0 Å². The number of aryl methyl sites for hydroxylation is 2. The Balaban J connectivity index is 1.28. The minimum atomic E-state index is -0.345. The van der Waals surface area contributed by atoms with E-state index in [9.17, 15) is 9.59 Å². The van der Waals surface area contributed by atoms with E-state index in [0.29, 0.717) is 36.0 Å². The number of benzene rings is 2. The monoisotopic (exact) mass is 474 g/mol. The number of piperazine rings is 1. The first-order valence-electron chi connectivity index (χ1n) is 11.5. The zero-order chi connectivity index (χ0) is 24.8. The molecule has 0 saturated carbocycles. The topological polar surface area (TPSA) is 98.8 Å². The molecule has 3 aromatic rings. The smallest absolute Gasteiger partial charge is 0.323 e. The van der Waals surface area contributed by atoms with E-state index < -0.39 is 0 Å². The molecule has 0 radical (unpaired) electrons. The van der Waals surface area contributed by atoms with Crippen molar-refractivity contribution in [3.63, 3.8) is 0 Å². The van der Waals surface area contributed by atoms with Crippen molar-refractivity contribution < 1.29 is 14.3 Å². The number of hydrogen-bond donors (Lipinski definition) is 3. The Kier molecular flexibility index (Phi) is 7.35. The van der Waals surface area contributed by atoms with Crippen LogP contribution in [0.5, 0.6) is 5.75 Å². The van der Waals surface area contributed by atoms with Gasteiger partial charge in [-0.3, -0.25) is 5.32 Å². The highest BCUT2D eigenvalue weighted by atomic mass is 16.5. The van der Waals surface area contributed by atoms with Crippen LogP contribution in [-0.4, -0.2) is 55.2 Å². The fourth-order valence-corrected chi connectivity index (χ4v) is 3.91. The third kappa shape index (κ3) is 6.00. The third-order valence-corrected chi connectivity index (χ3v) is 5.90. The number of methoxy groups -OCH3 is 1. The molecule has 35 heavy (non-hydrogen) atoms. The zero-order valence-electron chi connectivity index (χ0n) is 20.2. The van der Waals surface area contributed by atoms with Gasteiger partial charge in [0.2, 0.25) is 0 Å². The number of hydrogen-bond acceptors (Lipinski definition) is 5. The normalized spacial score (nSPS) is 13.2. The van der Waals surface area contributed by atoms with Gasteiger partial charge < -0.3 is 25.2 Å². The van der Waals surface area contributed by atoms with Gasteiger partial charge in [-0.1, -0.05) is 12.1 Å². The number of nitrogens with zero attached hydrogens (tertiary/aromatic N) is 3. The number of aromatic nitrogens is 1. The van der Waals surface area contributed by atoms with Gasteiger partial charge in [0.25, 0.3) is 0 Å². The lowest BCUT2D eigenvalue weighted by atomic mass is 10.2. The largest absolute Gasteiger partial charge is 0.495 e. The predicted octanol–water partition coefficient (Wildman–Crippen LogP) is 4.71. The van der Waals surface area contributed by atoms with Crippen LogP contribution < -0.4 is 25.6 Å². The van der Waals surface area contributed by atoms with Gasteiger partial charge in [0.15, 0.2) is 0 Å². The van der Waals surface area contributed by atoms with Gasteiger partial charge >= 0.3 is 12.1 Å². The number of ether oxygens (including phenoxy) is 1. The van der Waals surface area contributed by atoms with Gasteiger partial charge in [0.1, 0.15) is 11.6 Å². The lowest BCUT2D eigenvalue weighted by molar-refractivity contribution is 0.208. The third-order valence-electron chi connectivity index (χ3n) is 5.90. The molecule has 1 saturated heterocycles. The average molecular weight is 475 g/mol. The van der Waals surface area contributed by atoms with Gasteiger partial charge in [-0.15, -0.1) is 0 Å². The summed E-state index contributed by atoms with van der Waals surface area (Å²) in [6, 6.07) is 16.5. The maximum Gasteiger partial charge on any atom is 0.323 e. The Hall–Kier alpha value is -4.27. The highest BCUT2D eigenvalue weighted by Gasteiger charge is 2.22. The van der Waals surface area contributed by atoms with Gasteiger partial charge in [-0.05, 0) is 67.4 Å². The molecule has 0 atom stereocenters. The van der Waals surface area contributed by atoms with Crippen LogP contribution in [0.15, 0.2) is 60.8 Å². The molecule has 0 unspecified atom stereocenters. The van der Waals surface area contributed by atoms with E-state index >= 15 is 0 Å². The first-order valence-corrected chi connectivity index (χ1v) is 11.5. The van der Waals surface area contributed by atoms with Gasteiger partial charge in [-0.2, -0.15) is 0 Å². The lowest BCUT2D eigenvalue weighted by Crippen LogP contribution is -2.50. The Bertz CT molecular complexity index is 1190. The number of rotatable bonds is 5. The van der Waals surface area contributed by atoms with Crippen LogP contribution in [0.2, 0.25) is 0 Å². The van der Waals surface area contributed by atoms with Crippen LogP contribution in [0.3, 0.4) is 0 Å². The maximum atomic E-state index is 12.6. The van der Waals surface area contributed by atoms with Crippen LogP contribution in [0.4, 0.5) is 32.5 Å². The fraction of sp³-hybridized carbons (Fsp3) is 0.269. The van der Waals surface area contributed by atoms with Crippen molar-refractivity contribution in [1.82, 2.24) is 9.88 Å². The van der Waals surface area contributed by atoms with Crippen molar-refractivity contribution in [1.29, 1.82) is 0 Å². The Morgan fingerprint density at radius 2 is 1.66 bits per heavy atom. The van der Waals surface area contributed by atoms with Crippen molar-refractivity contribution in [3.8, 4) is 5.75 Å². The summed E-state index contributed by atoms with van der Waals surface area (Å²) in [4.78, 5) is 33.3. The van der Waals surface area contributed by atoms with Crippen molar-refractivity contribution in [3.05, 3.63) is 71.9 Å². The van der Waals surface area contributed by atoms with E-state index in [1.54, 1.807) is 18.2 Å². The van der Waals surface area contributed by atoms with Crippen molar-refractivity contribution in [2.45, 2.75) is 13.8 Å². The zero-order valence-corrected chi connectivity index (χ0v) is 20.2. The van der Waals surface area contributed by atoms with Gasteiger partial charge in [0.05, 0.1) is 12.8 Å². The summed E-state index contributed by atoms with van der Waals surface area (Å²) in [5.41, 5.74) is 4.30. The molecular formula is C26H30N6O3. The predicted molar refractivity (Wildman–Crippen MR) is 139 cm³/mol. The minimum absolute atomic E-state index is 0.137. The van der Waals surface area contributed by atoms with Crippen LogP contribution in [0.1, 0.15) is 11.1 Å². The summed E-state index contributed by atoms with van der Waals surface area (Å²) in [7, 11) is 1.57. The number of nitrogens with one attached hydrogen (secondary N) is 3. The summed E-state index contributed by atoms with van der Waals surface area (Å²) in [5, 5.41) is 8.55. The molecule has 1 aromatic heterocycles. The van der Waals surface area contributed by atoms with E-state index in [0.717, 1.165) is 29.9 Å². The molecule has 4 rings (SSSR count). The molecule has 1 aliphatic heterocycles. The molecule has 9 heteroatoms. The highest BCUT2D eigenvalue weighted by Crippen LogP contribution is 2.26. The van der Waals surface area contributed by atoms with E-state index in [2.05, 4.69) is 25.8 Å². The summed E-state index contributed by atoms with van der Waals surface area (Å²) < 4.78 is 5.34. The quantitative estimate of drug-likeness (QED) is 0.498. The molecule has 0 bridgehead atoms. The molecule has 9 nitrogen and oxygen atoms in total. The first-order chi connectivity index (χ1) is 16.9. The van der Waals surface area contributed by atoms with Crippen LogP contribution >= 0.6 is 0 Å². The Morgan fingerprint density at radius 1 is 0.914 bits per heavy atom. The second-order valence-electron chi connectivity index (χ2n) is 8.40. The Labute approximate surface area is 205 Å². The van der Waals surface area contributed by atoms with Crippen LogP contribution in [0.25, 0.3) is 0 Å². The maximum absolute atomic E-state index is 12.6. The molecular weight excluding hydrogens is 444 g/mol. The molecule has 2 aromatic carbocycles. The van der Waals surface area contributed by atoms with E-state index in [4.69, 9.17) is 4.74 Å². The van der Waals surface area contributed by atoms with Crippen molar-refractivity contribution in [2.75, 3.05) is 54.1 Å². The average Bonchev–Trinajstić information content (AvgIpc) is 2.87. The molecule has 182 valence electrons. The van der Waals surface area contributed by atoms with E-state index in [1.165, 1.54) is 0 Å². The lowest BCUT2D eigenvalue weighted by Gasteiger charge is -2.36. The molecule has 1 fully saturated rings. The molecule has 2 heterocycles. The number of pyridine rings is 1. The summed E-state index contributed by atoms with van der Waals surface area (Å²) >= 11 is 0. The molecule has 0 spiro atoms. The second-order valence-corrected chi connectivity index (χ2v) is 8.40. The number of amides is 4. The number of carbonyl (C=O) groups is 2. The van der Waals surface area contributed by atoms with Crippen LogP contribution in [0, 0.1) is 13.8 Å². The highest BCUT2D eigenvalue weighted by molar-refractivity contribution is 6.00. The van der Waals surface area contributed by atoms with E-state index in [-0.39, 0.29) is 12.1 Å². The van der Waals surface area contributed by atoms with E-state index in [1.807, 2.05) is 68.4 Å². The number of urea groups is 2. The number of anilines is 4. The first kappa shape index (κ1) is 23.9. The second kappa shape index (κ2) is 10.8. The summed E-state index contributed by atoms with van der Waals surface area (Å²) in [6.07, 6.45) is 1.67. The SMILES string of the molecule is COc1cc(C)ccc1NC(=O)Nc1ccc(N2CCN(C(=O)Nc3ncccc3C)CC2)cc1. The molecule has 4 amide bonds. The standard InChI is InChI=1S/C26H30N6O3/c1-18-6-11-22(23(17-18)35-3)29-25(33)28-20-7-9-21(10-8-20)31-13-15-32(16-14-31)26(34)30-24-19(2)5-4-12-27-24/h4-12,17H,13-16H2,1-3H3,(H,27,30,34)(H2,28,29,33). The molecule has 3 N–H and O–H groups in total. The number of carbonyl (C=O) groups excluding carboxylic acids is 2. The molecule has 1 aliphatic rings. The fourth-order valence-electron chi connectivity index (χ4n) is 3.91. The van der Waals surface area contributed by atoms with Crippen LogP contribution in [-0.2, 0) is 0 Å². The minimum Gasteiger partial charge on any atom is -0.495 e.